The number of rotatable bonds is 5. The quantitative estimate of drug-likeness (QED) is 0.859. The van der Waals surface area contributed by atoms with E-state index in [4.69, 9.17) is 9.47 Å². The van der Waals surface area contributed by atoms with E-state index in [-0.39, 0.29) is 18.3 Å². The molecule has 1 heterocycles. The number of nitrogens with zero attached hydrogens (tertiary/aromatic N) is 2. The van der Waals surface area contributed by atoms with Crippen molar-refractivity contribution in [2.45, 2.75) is 13.3 Å². The van der Waals surface area contributed by atoms with Crippen LogP contribution in [0.25, 0.3) is 0 Å². The Bertz CT molecular complexity index is 609. The number of aryl methyl sites for hydroxylation is 1. The van der Waals surface area contributed by atoms with Crippen LogP contribution < -0.4 is 14.8 Å². The van der Waals surface area contributed by atoms with Gasteiger partial charge in [0.2, 0.25) is 11.9 Å². The summed E-state index contributed by atoms with van der Waals surface area (Å²) in [5.41, 5.74) is 0.762. The molecule has 1 aromatic heterocycles. The fourth-order valence-corrected chi connectivity index (χ4v) is 1.74. The number of H-pyrrole nitrogens is 1. The van der Waals surface area contributed by atoms with Gasteiger partial charge in [-0.05, 0) is 13.0 Å². The van der Waals surface area contributed by atoms with Crippen LogP contribution in [0.4, 0.5) is 5.95 Å². The Morgan fingerprint density at radius 1 is 1.35 bits per heavy atom. The molecule has 2 rings (SSSR count). The van der Waals surface area contributed by atoms with Crippen LogP contribution >= 0.6 is 0 Å². The number of anilines is 1. The molecule has 2 aromatic rings. The van der Waals surface area contributed by atoms with Crippen LogP contribution in [0.15, 0.2) is 18.2 Å². The molecule has 0 radical (unpaired) electrons. The average molecular weight is 276 g/mol. The molecule has 20 heavy (non-hydrogen) atoms. The molecule has 1 aromatic carbocycles. The minimum Gasteiger partial charge on any atom is -0.497 e. The number of ether oxygens (including phenoxy) is 2. The van der Waals surface area contributed by atoms with E-state index >= 15 is 0 Å². The van der Waals surface area contributed by atoms with E-state index in [0.29, 0.717) is 17.3 Å². The molecule has 0 unspecified atom stereocenters. The zero-order valence-electron chi connectivity index (χ0n) is 11.6. The van der Waals surface area contributed by atoms with E-state index in [1.165, 1.54) is 0 Å². The maximum atomic E-state index is 11.9. The summed E-state index contributed by atoms with van der Waals surface area (Å²) in [5.74, 6) is 1.97. The van der Waals surface area contributed by atoms with Crippen LogP contribution in [-0.4, -0.2) is 35.3 Å². The molecule has 0 saturated carbocycles. The SMILES string of the molecule is COc1ccc(CC(=O)Nc2n[nH]c(C)n2)c(OC)c1. The van der Waals surface area contributed by atoms with Crippen molar-refractivity contribution >= 4 is 11.9 Å². The summed E-state index contributed by atoms with van der Waals surface area (Å²) in [4.78, 5) is 15.9. The van der Waals surface area contributed by atoms with Crippen LogP contribution in [0.3, 0.4) is 0 Å². The van der Waals surface area contributed by atoms with Gasteiger partial charge in [0.25, 0.3) is 0 Å². The summed E-state index contributed by atoms with van der Waals surface area (Å²) in [7, 11) is 3.13. The zero-order chi connectivity index (χ0) is 14.5. The number of aromatic amines is 1. The summed E-state index contributed by atoms with van der Waals surface area (Å²) in [6.07, 6.45) is 0.167. The van der Waals surface area contributed by atoms with Gasteiger partial charge in [-0.1, -0.05) is 6.07 Å². The molecule has 7 heteroatoms. The number of carbonyl (C=O) groups excluding carboxylic acids is 1. The average Bonchev–Trinajstić information content (AvgIpc) is 2.84. The third-order valence-corrected chi connectivity index (χ3v) is 2.69. The van der Waals surface area contributed by atoms with Gasteiger partial charge in [-0.25, -0.2) is 0 Å². The van der Waals surface area contributed by atoms with Crippen molar-refractivity contribution in [3.8, 4) is 11.5 Å². The first-order valence-electron chi connectivity index (χ1n) is 6.02. The number of methoxy groups -OCH3 is 2. The van der Waals surface area contributed by atoms with E-state index < -0.39 is 0 Å². The van der Waals surface area contributed by atoms with Crippen molar-refractivity contribution in [2.75, 3.05) is 19.5 Å². The normalized spacial score (nSPS) is 10.2. The highest BCUT2D eigenvalue weighted by molar-refractivity contribution is 5.91. The van der Waals surface area contributed by atoms with E-state index in [0.717, 1.165) is 5.56 Å². The topological polar surface area (TPSA) is 89.1 Å². The molecule has 0 spiro atoms. The lowest BCUT2D eigenvalue weighted by molar-refractivity contribution is -0.115. The Balaban J connectivity index is 2.07. The number of benzene rings is 1. The molecule has 7 nitrogen and oxygen atoms in total. The maximum Gasteiger partial charge on any atom is 0.248 e. The molecule has 0 bridgehead atoms. The lowest BCUT2D eigenvalue weighted by Gasteiger charge is -2.09. The van der Waals surface area contributed by atoms with Gasteiger partial charge >= 0.3 is 0 Å². The molecule has 106 valence electrons. The molecule has 2 N–H and O–H groups in total. The minimum absolute atomic E-state index is 0.167. The number of amides is 1. The molecule has 0 aliphatic heterocycles. The Hall–Kier alpha value is -2.57. The first kappa shape index (κ1) is 13.9. The van der Waals surface area contributed by atoms with Gasteiger partial charge in [0, 0.05) is 11.6 Å². The highest BCUT2D eigenvalue weighted by atomic mass is 16.5. The molecule has 1 amide bonds. The standard InChI is InChI=1S/C13H16N4O3/c1-8-14-13(17-16-8)15-12(18)6-9-4-5-10(19-2)7-11(9)20-3/h4-5,7H,6H2,1-3H3,(H2,14,15,16,17,18). The van der Waals surface area contributed by atoms with E-state index in [9.17, 15) is 4.79 Å². The predicted octanol–water partition coefficient (Wildman–Crippen LogP) is 1.31. The van der Waals surface area contributed by atoms with Gasteiger partial charge in [0.15, 0.2) is 0 Å². The van der Waals surface area contributed by atoms with Gasteiger partial charge in [0.05, 0.1) is 20.6 Å². The molecule has 0 aliphatic carbocycles. The predicted molar refractivity (Wildman–Crippen MR) is 73.0 cm³/mol. The van der Waals surface area contributed by atoms with Crippen molar-refractivity contribution in [3.05, 3.63) is 29.6 Å². The van der Waals surface area contributed by atoms with E-state index in [2.05, 4.69) is 20.5 Å². The van der Waals surface area contributed by atoms with Gasteiger partial charge in [0.1, 0.15) is 17.3 Å². The summed E-state index contributed by atoms with van der Waals surface area (Å²) >= 11 is 0. The highest BCUT2D eigenvalue weighted by Crippen LogP contribution is 2.25. The lowest BCUT2D eigenvalue weighted by Crippen LogP contribution is -2.16. The van der Waals surface area contributed by atoms with Crippen molar-refractivity contribution < 1.29 is 14.3 Å². The first-order chi connectivity index (χ1) is 9.62. The molecule has 0 saturated heterocycles. The third-order valence-electron chi connectivity index (χ3n) is 2.69. The van der Waals surface area contributed by atoms with Crippen LogP contribution in [0.1, 0.15) is 11.4 Å². The number of aromatic nitrogens is 3. The van der Waals surface area contributed by atoms with Crippen molar-refractivity contribution in [2.24, 2.45) is 0 Å². The third kappa shape index (κ3) is 3.25. The fraction of sp³-hybridized carbons (Fsp3) is 0.308. The van der Waals surface area contributed by atoms with Crippen molar-refractivity contribution in [1.29, 1.82) is 0 Å². The number of carbonyl (C=O) groups is 1. The maximum absolute atomic E-state index is 11.9. The molecule has 0 aliphatic rings. The highest BCUT2D eigenvalue weighted by Gasteiger charge is 2.11. The van der Waals surface area contributed by atoms with Crippen molar-refractivity contribution in [1.82, 2.24) is 15.2 Å². The molecular weight excluding hydrogens is 260 g/mol. The van der Waals surface area contributed by atoms with Gasteiger partial charge in [-0.15, -0.1) is 5.10 Å². The number of nitrogens with one attached hydrogen (secondary N) is 2. The second kappa shape index (κ2) is 6.05. The van der Waals surface area contributed by atoms with E-state index in [1.807, 2.05) is 0 Å². The first-order valence-corrected chi connectivity index (χ1v) is 6.02. The monoisotopic (exact) mass is 276 g/mol. The van der Waals surface area contributed by atoms with Crippen LogP contribution in [0.2, 0.25) is 0 Å². The fourth-order valence-electron chi connectivity index (χ4n) is 1.74. The summed E-state index contributed by atoms with van der Waals surface area (Å²) in [6.45, 7) is 1.76. The molecule has 0 fully saturated rings. The van der Waals surface area contributed by atoms with Gasteiger partial charge in [-0.3, -0.25) is 15.2 Å². The smallest absolute Gasteiger partial charge is 0.248 e. The van der Waals surface area contributed by atoms with Crippen LogP contribution in [-0.2, 0) is 11.2 Å². The van der Waals surface area contributed by atoms with Crippen LogP contribution in [0.5, 0.6) is 11.5 Å². The Kier molecular flexibility index (Phi) is 4.19. The lowest BCUT2D eigenvalue weighted by atomic mass is 10.1. The largest absolute Gasteiger partial charge is 0.497 e. The Labute approximate surface area is 116 Å². The van der Waals surface area contributed by atoms with Crippen LogP contribution in [0, 0.1) is 6.92 Å². The second-order valence-electron chi connectivity index (χ2n) is 4.15. The zero-order valence-corrected chi connectivity index (χ0v) is 11.6. The van der Waals surface area contributed by atoms with E-state index in [1.54, 1.807) is 39.3 Å². The second-order valence-corrected chi connectivity index (χ2v) is 4.15. The number of hydrogen-bond donors (Lipinski definition) is 2. The Morgan fingerprint density at radius 2 is 2.15 bits per heavy atom. The Morgan fingerprint density at radius 3 is 2.75 bits per heavy atom. The van der Waals surface area contributed by atoms with Crippen molar-refractivity contribution in [3.63, 3.8) is 0 Å². The number of hydrogen-bond acceptors (Lipinski definition) is 5. The summed E-state index contributed by atoms with van der Waals surface area (Å²) in [5, 5.41) is 9.12. The van der Waals surface area contributed by atoms with Gasteiger partial charge in [-0.2, -0.15) is 4.98 Å². The summed E-state index contributed by atoms with van der Waals surface area (Å²) in [6, 6.07) is 5.31. The minimum atomic E-state index is -0.215. The molecule has 0 atom stereocenters. The molecular formula is C13H16N4O3. The van der Waals surface area contributed by atoms with Gasteiger partial charge < -0.3 is 9.47 Å². The summed E-state index contributed by atoms with van der Waals surface area (Å²) < 4.78 is 10.4.